The fourth-order valence-electron chi connectivity index (χ4n) is 9.51. The Morgan fingerprint density at radius 3 is 1.04 bits per heavy atom. The van der Waals surface area contributed by atoms with E-state index in [9.17, 15) is 19.8 Å². The van der Waals surface area contributed by atoms with Gasteiger partial charge in [-0.3, -0.25) is 9.59 Å². The molecule has 0 aromatic heterocycles. The summed E-state index contributed by atoms with van der Waals surface area (Å²) in [7, 11) is 0. The van der Waals surface area contributed by atoms with Crippen LogP contribution in [0.25, 0.3) is 0 Å². The summed E-state index contributed by atoms with van der Waals surface area (Å²) >= 11 is 0. The van der Waals surface area contributed by atoms with E-state index < -0.39 is 12.1 Å². The van der Waals surface area contributed by atoms with Gasteiger partial charge in [-0.2, -0.15) is 0 Å². The summed E-state index contributed by atoms with van der Waals surface area (Å²) in [5.74, 6) is -0.119. The highest BCUT2D eigenvalue weighted by Gasteiger charge is 2.18. The summed E-state index contributed by atoms with van der Waals surface area (Å²) in [6.45, 7) is 4.86. The van der Waals surface area contributed by atoms with Crippen molar-refractivity contribution in [3.8, 4) is 0 Å². The first-order chi connectivity index (χ1) is 33.5. The van der Waals surface area contributed by atoms with Crippen LogP contribution in [0.2, 0.25) is 0 Å². The smallest absolute Gasteiger partial charge is 0.305 e. The summed E-state index contributed by atoms with van der Waals surface area (Å²) < 4.78 is 5.47. The van der Waals surface area contributed by atoms with Gasteiger partial charge in [0.25, 0.3) is 0 Å². The van der Waals surface area contributed by atoms with E-state index in [1.807, 2.05) is 6.08 Å². The quantitative estimate of drug-likeness (QED) is 0.0321. The summed E-state index contributed by atoms with van der Waals surface area (Å²) in [6, 6.07) is -0.649. The highest BCUT2D eigenvalue weighted by molar-refractivity contribution is 5.76. The molecule has 6 nitrogen and oxygen atoms in total. The van der Waals surface area contributed by atoms with Gasteiger partial charge in [0.1, 0.15) is 0 Å². The topological polar surface area (TPSA) is 95.9 Å². The van der Waals surface area contributed by atoms with Crippen LogP contribution in [0.3, 0.4) is 0 Å². The molecule has 2 unspecified atom stereocenters. The lowest BCUT2D eigenvalue weighted by Gasteiger charge is -2.20. The minimum atomic E-state index is -0.863. The van der Waals surface area contributed by atoms with E-state index in [-0.39, 0.29) is 18.5 Å². The van der Waals surface area contributed by atoms with E-state index in [2.05, 4.69) is 31.3 Å². The van der Waals surface area contributed by atoms with Crippen molar-refractivity contribution in [2.75, 3.05) is 13.2 Å². The Morgan fingerprint density at radius 2 is 0.691 bits per heavy atom. The van der Waals surface area contributed by atoms with Gasteiger partial charge in [0.2, 0.25) is 5.91 Å². The van der Waals surface area contributed by atoms with E-state index in [0.29, 0.717) is 19.4 Å². The number of ether oxygens (including phenoxy) is 1. The Morgan fingerprint density at radius 1 is 0.397 bits per heavy atom. The van der Waals surface area contributed by atoms with Gasteiger partial charge in [-0.05, 0) is 57.8 Å². The van der Waals surface area contributed by atoms with Crippen molar-refractivity contribution in [1.29, 1.82) is 0 Å². The Labute approximate surface area is 424 Å². The molecule has 3 N–H and O–H groups in total. The SMILES string of the molecule is CCCCCCCC/C=C\CCCCCCCCCCCC(=O)OCCCCCCCCCCCC(=O)NC(CO)C(O)/C=C/CCCCCCCCCCCCCCCCCCCCCCC. The number of aliphatic hydroxyl groups excluding tert-OH is 2. The van der Waals surface area contributed by atoms with Gasteiger partial charge < -0.3 is 20.3 Å². The van der Waals surface area contributed by atoms with Crippen LogP contribution in [-0.4, -0.2) is 47.4 Å². The van der Waals surface area contributed by atoms with Crippen LogP contribution in [0.15, 0.2) is 24.3 Å². The molecule has 0 aliphatic carbocycles. The van der Waals surface area contributed by atoms with Gasteiger partial charge in [-0.25, -0.2) is 0 Å². The first kappa shape index (κ1) is 66.3. The third kappa shape index (κ3) is 53.7. The molecule has 0 spiro atoms. The lowest BCUT2D eigenvalue weighted by Crippen LogP contribution is -2.45. The molecular weight excluding hydrogens is 839 g/mol. The van der Waals surface area contributed by atoms with Crippen molar-refractivity contribution in [2.45, 2.75) is 347 Å². The highest BCUT2D eigenvalue weighted by atomic mass is 16.5. The lowest BCUT2D eigenvalue weighted by atomic mass is 10.0. The zero-order chi connectivity index (χ0) is 49.3. The number of hydrogen-bond acceptors (Lipinski definition) is 5. The minimum Gasteiger partial charge on any atom is -0.466 e. The number of unbranched alkanes of at least 4 members (excludes halogenated alkanes) is 44. The molecule has 1 amide bonds. The van der Waals surface area contributed by atoms with E-state index in [4.69, 9.17) is 4.74 Å². The molecule has 0 radical (unpaired) electrons. The van der Waals surface area contributed by atoms with Crippen molar-refractivity contribution in [3.63, 3.8) is 0 Å². The van der Waals surface area contributed by atoms with E-state index >= 15 is 0 Å². The number of amides is 1. The number of allylic oxidation sites excluding steroid dienone is 3. The van der Waals surface area contributed by atoms with E-state index in [1.54, 1.807) is 6.08 Å². The number of carbonyl (C=O) groups is 2. The van der Waals surface area contributed by atoms with Gasteiger partial charge in [0, 0.05) is 12.8 Å². The summed E-state index contributed by atoms with van der Waals surface area (Å²) in [6.07, 6.45) is 70.7. The van der Waals surface area contributed by atoms with Crippen molar-refractivity contribution in [2.24, 2.45) is 0 Å². The zero-order valence-electron chi connectivity index (χ0n) is 45.9. The first-order valence-corrected chi connectivity index (χ1v) is 30.6. The highest BCUT2D eigenvalue weighted by Crippen LogP contribution is 2.17. The molecule has 0 aliphatic heterocycles. The molecule has 2 atom stereocenters. The number of aliphatic hydroxyl groups is 2. The molecule has 0 fully saturated rings. The Hall–Kier alpha value is -1.66. The largest absolute Gasteiger partial charge is 0.466 e. The number of nitrogens with one attached hydrogen (secondary N) is 1. The van der Waals surface area contributed by atoms with Gasteiger partial charge in [-0.15, -0.1) is 0 Å². The zero-order valence-corrected chi connectivity index (χ0v) is 45.9. The molecule has 0 saturated carbocycles. The Balaban J connectivity index is 3.49. The van der Waals surface area contributed by atoms with Gasteiger partial charge in [-0.1, -0.05) is 289 Å². The van der Waals surface area contributed by atoms with Crippen LogP contribution in [-0.2, 0) is 14.3 Å². The molecule has 0 bridgehead atoms. The first-order valence-electron chi connectivity index (χ1n) is 30.6. The molecule has 6 heteroatoms. The molecule has 0 heterocycles. The van der Waals surface area contributed by atoms with Crippen molar-refractivity contribution >= 4 is 11.9 Å². The average molecular weight is 959 g/mol. The van der Waals surface area contributed by atoms with Crippen molar-refractivity contribution < 1.29 is 24.5 Å². The molecule has 0 saturated heterocycles. The Kier molecular flexibility index (Phi) is 56.5. The standard InChI is InChI=1S/C62H119NO5/c1-3-5-7-9-11-13-15-17-19-21-23-24-25-26-28-29-31-33-35-38-42-46-50-54-60(65)59(58-64)63-61(66)55-51-47-43-39-37-41-45-49-53-57-68-62(67)56-52-48-44-40-36-34-32-30-27-22-20-18-16-14-12-10-8-6-4-2/h18,20,50,54,59-60,64-65H,3-17,19,21-49,51-53,55-58H2,1-2H3,(H,63,66)/b20-18-,54-50+. The third-order valence-corrected chi connectivity index (χ3v) is 14.2. The molecule has 0 rings (SSSR count). The molecule has 0 aromatic carbocycles. The van der Waals surface area contributed by atoms with E-state index in [0.717, 1.165) is 57.8 Å². The second kappa shape index (κ2) is 57.9. The summed E-state index contributed by atoms with van der Waals surface area (Å²) in [5.41, 5.74) is 0. The molecule has 68 heavy (non-hydrogen) atoms. The average Bonchev–Trinajstić information content (AvgIpc) is 3.34. The maximum Gasteiger partial charge on any atom is 0.305 e. The van der Waals surface area contributed by atoms with Crippen LogP contribution in [0.5, 0.6) is 0 Å². The van der Waals surface area contributed by atoms with Crippen LogP contribution in [0, 0.1) is 0 Å². The predicted molar refractivity (Wildman–Crippen MR) is 296 cm³/mol. The fraction of sp³-hybridized carbons (Fsp3) is 0.903. The lowest BCUT2D eigenvalue weighted by molar-refractivity contribution is -0.143. The van der Waals surface area contributed by atoms with Crippen LogP contribution < -0.4 is 5.32 Å². The van der Waals surface area contributed by atoms with E-state index in [1.165, 1.54) is 250 Å². The molecule has 402 valence electrons. The predicted octanol–water partition coefficient (Wildman–Crippen LogP) is 19.0. The number of rotatable bonds is 57. The van der Waals surface area contributed by atoms with Gasteiger partial charge >= 0.3 is 5.97 Å². The second-order valence-corrected chi connectivity index (χ2v) is 21.0. The van der Waals surface area contributed by atoms with Gasteiger partial charge in [0.15, 0.2) is 0 Å². The summed E-state index contributed by atoms with van der Waals surface area (Å²) in [4.78, 5) is 24.6. The normalized spacial score (nSPS) is 12.7. The van der Waals surface area contributed by atoms with Gasteiger partial charge in [0.05, 0.1) is 25.4 Å². The number of carbonyl (C=O) groups excluding carboxylic acids is 2. The van der Waals surface area contributed by atoms with Crippen LogP contribution in [0.4, 0.5) is 0 Å². The molecule has 0 aromatic rings. The van der Waals surface area contributed by atoms with Crippen LogP contribution >= 0.6 is 0 Å². The summed E-state index contributed by atoms with van der Waals surface area (Å²) in [5, 5.41) is 23.2. The number of hydrogen-bond donors (Lipinski definition) is 3. The maximum absolute atomic E-state index is 12.5. The molecule has 0 aliphatic rings. The Bertz CT molecular complexity index is 1060. The molecular formula is C62H119NO5. The fourth-order valence-corrected chi connectivity index (χ4v) is 9.51. The number of esters is 1. The maximum atomic E-state index is 12.5. The monoisotopic (exact) mass is 958 g/mol. The second-order valence-electron chi connectivity index (χ2n) is 21.0. The third-order valence-electron chi connectivity index (χ3n) is 14.2. The minimum absolute atomic E-state index is 0.0267. The van der Waals surface area contributed by atoms with Crippen LogP contribution in [0.1, 0.15) is 335 Å². The van der Waals surface area contributed by atoms with Crippen molar-refractivity contribution in [1.82, 2.24) is 5.32 Å². The van der Waals surface area contributed by atoms with Crippen molar-refractivity contribution in [3.05, 3.63) is 24.3 Å².